The van der Waals surface area contributed by atoms with Crippen molar-refractivity contribution in [1.29, 1.82) is 0 Å². The fourth-order valence-corrected chi connectivity index (χ4v) is 3.50. The Labute approximate surface area is 147 Å². The largest absolute Gasteiger partial charge is 0.396 e. The van der Waals surface area contributed by atoms with Crippen LogP contribution in [-0.2, 0) is 0 Å². The van der Waals surface area contributed by atoms with Crippen molar-refractivity contribution < 1.29 is 9.90 Å². The fraction of sp³-hybridized carbons (Fsp3) is 0.500. The highest BCUT2D eigenvalue weighted by atomic mass is 16.3. The molecule has 25 heavy (non-hydrogen) atoms. The minimum Gasteiger partial charge on any atom is -0.396 e. The summed E-state index contributed by atoms with van der Waals surface area (Å²) >= 11 is 0. The molecule has 0 radical (unpaired) electrons. The molecule has 1 N–H and O–H groups in total. The average molecular weight is 343 g/mol. The van der Waals surface area contributed by atoms with Crippen LogP contribution in [0.2, 0.25) is 0 Å². The monoisotopic (exact) mass is 343 g/mol. The summed E-state index contributed by atoms with van der Waals surface area (Å²) in [5.41, 5.74) is 1.21. The number of aliphatic hydroxyl groups excluding tert-OH is 1. The first-order valence-corrected chi connectivity index (χ1v) is 8.59. The third kappa shape index (κ3) is 4.24. The minimum atomic E-state index is -0.121. The van der Waals surface area contributed by atoms with E-state index >= 15 is 0 Å². The predicted octanol–water partition coefficient (Wildman–Crippen LogP) is 0.899. The van der Waals surface area contributed by atoms with E-state index in [0.717, 1.165) is 18.7 Å². The smallest absolute Gasteiger partial charge is 0.276 e. The van der Waals surface area contributed by atoms with E-state index in [0.29, 0.717) is 24.7 Å². The number of likely N-dealkylation sites (tertiary alicyclic amines) is 1. The van der Waals surface area contributed by atoms with Gasteiger partial charge >= 0.3 is 0 Å². The van der Waals surface area contributed by atoms with Crippen LogP contribution in [0.3, 0.4) is 0 Å². The molecule has 1 fully saturated rings. The molecule has 0 unspecified atom stereocenters. The maximum absolute atomic E-state index is 12.9. The molecular formula is C18H25N5O2. The molecule has 0 bridgehead atoms. The number of rotatable bonds is 5. The van der Waals surface area contributed by atoms with Gasteiger partial charge in [-0.25, -0.2) is 4.68 Å². The Morgan fingerprint density at radius 3 is 2.64 bits per heavy atom. The van der Waals surface area contributed by atoms with Crippen molar-refractivity contribution in [3.8, 4) is 5.69 Å². The molecular weight excluding hydrogens is 318 g/mol. The minimum absolute atomic E-state index is 0.102. The molecule has 7 heteroatoms. The van der Waals surface area contributed by atoms with Gasteiger partial charge in [0.05, 0.1) is 11.9 Å². The number of hydrogen-bond acceptors (Lipinski definition) is 5. The second kappa shape index (κ2) is 7.76. The number of benzene rings is 1. The van der Waals surface area contributed by atoms with E-state index < -0.39 is 0 Å². The first-order valence-electron chi connectivity index (χ1n) is 8.59. The van der Waals surface area contributed by atoms with Gasteiger partial charge in [-0.3, -0.25) is 4.79 Å². The predicted molar refractivity (Wildman–Crippen MR) is 94.5 cm³/mol. The Bertz CT molecular complexity index is 701. The van der Waals surface area contributed by atoms with Crippen molar-refractivity contribution >= 4 is 5.91 Å². The van der Waals surface area contributed by atoms with Crippen molar-refractivity contribution in [2.24, 2.45) is 11.8 Å². The number of para-hydroxylation sites is 1. The standard InChI is InChI=1S/C18H25N5O2/c1-21(2)9-14-8-15(13-24)11-22(10-14)18(25)17-12-23(20-19-17)16-6-4-3-5-7-16/h3-7,12,14-15,24H,8-11,13H2,1-2H3/t14-,15+/m1/s1. The fourth-order valence-electron chi connectivity index (χ4n) is 3.50. The summed E-state index contributed by atoms with van der Waals surface area (Å²) in [5.74, 6) is 0.352. The Balaban J connectivity index is 1.74. The molecule has 0 saturated carbocycles. The second-order valence-electron chi connectivity index (χ2n) is 7.01. The van der Waals surface area contributed by atoms with Crippen molar-refractivity contribution in [1.82, 2.24) is 24.8 Å². The molecule has 2 aromatic rings. The van der Waals surface area contributed by atoms with Crippen LogP contribution >= 0.6 is 0 Å². The summed E-state index contributed by atoms with van der Waals surface area (Å²) in [6, 6.07) is 9.60. The maximum atomic E-state index is 12.9. The van der Waals surface area contributed by atoms with Gasteiger partial charge in [0.2, 0.25) is 0 Å². The van der Waals surface area contributed by atoms with Gasteiger partial charge < -0.3 is 14.9 Å². The molecule has 1 amide bonds. The summed E-state index contributed by atoms with van der Waals surface area (Å²) < 4.78 is 1.61. The Morgan fingerprint density at radius 1 is 1.24 bits per heavy atom. The van der Waals surface area contributed by atoms with Crippen molar-refractivity contribution in [2.75, 3.05) is 40.3 Å². The Kier molecular flexibility index (Phi) is 5.45. The van der Waals surface area contributed by atoms with E-state index in [-0.39, 0.29) is 18.4 Å². The third-order valence-corrected chi connectivity index (χ3v) is 4.53. The van der Waals surface area contributed by atoms with Crippen molar-refractivity contribution in [3.05, 3.63) is 42.2 Å². The van der Waals surface area contributed by atoms with E-state index in [1.165, 1.54) is 0 Å². The highest BCUT2D eigenvalue weighted by molar-refractivity contribution is 5.92. The molecule has 134 valence electrons. The SMILES string of the molecule is CN(C)C[C@H]1C[C@H](CO)CN(C(=O)c2cn(-c3ccccc3)nn2)C1. The van der Waals surface area contributed by atoms with Gasteiger partial charge in [0, 0.05) is 26.2 Å². The summed E-state index contributed by atoms with van der Waals surface area (Å²) in [7, 11) is 4.06. The van der Waals surface area contributed by atoms with Crippen molar-refractivity contribution in [3.63, 3.8) is 0 Å². The molecule has 2 heterocycles. The molecule has 1 aliphatic heterocycles. The topological polar surface area (TPSA) is 74.5 Å². The lowest BCUT2D eigenvalue weighted by atomic mass is 9.89. The highest BCUT2D eigenvalue weighted by Crippen LogP contribution is 2.23. The number of hydrogen-bond donors (Lipinski definition) is 1. The first-order chi connectivity index (χ1) is 12.1. The second-order valence-corrected chi connectivity index (χ2v) is 7.01. The van der Waals surface area contributed by atoms with Gasteiger partial charge in [-0.1, -0.05) is 23.4 Å². The number of piperidine rings is 1. The number of carbonyl (C=O) groups excluding carboxylic acids is 1. The zero-order chi connectivity index (χ0) is 17.8. The first kappa shape index (κ1) is 17.6. The molecule has 1 saturated heterocycles. The van der Waals surface area contributed by atoms with E-state index in [1.54, 1.807) is 15.8 Å². The van der Waals surface area contributed by atoms with Crippen LogP contribution in [0, 0.1) is 11.8 Å². The highest BCUT2D eigenvalue weighted by Gasteiger charge is 2.31. The van der Waals surface area contributed by atoms with Gasteiger partial charge in [-0.05, 0) is 44.5 Å². The summed E-state index contributed by atoms with van der Waals surface area (Å²) in [5, 5.41) is 17.7. The third-order valence-electron chi connectivity index (χ3n) is 4.53. The molecule has 0 spiro atoms. The number of aliphatic hydroxyl groups is 1. The average Bonchev–Trinajstić information content (AvgIpc) is 3.11. The normalized spacial score (nSPS) is 20.9. The maximum Gasteiger partial charge on any atom is 0.276 e. The number of aromatic nitrogens is 3. The van der Waals surface area contributed by atoms with Crippen LogP contribution in [0.15, 0.2) is 36.5 Å². The van der Waals surface area contributed by atoms with Gasteiger partial charge in [-0.15, -0.1) is 5.10 Å². The summed E-state index contributed by atoms with van der Waals surface area (Å²) in [4.78, 5) is 16.8. The molecule has 1 aromatic carbocycles. The van der Waals surface area contributed by atoms with Crippen LogP contribution in [0.4, 0.5) is 0 Å². The molecule has 7 nitrogen and oxygen atoms in total. The van der Waals surface area contributed by atoms with E-state index in [1.807, 2.05) is 44.4 Å². The van der Waals surface area contributed by atoms with Gasteiger partial charge in [0.1, 0.15) is 0 Å². The quantitative estimate of drug-likeness (QED) is 0.873. The van der Waals surface area contributed by atoms with E-state index in [4.69, 9.17) is 0 Å². The molecule has 0 aliphatic carbocycles. The lowest BCUT2D eigenvalue weighted by molar-refractivity contribution is 0.0472. The van der Waals surface area contributed by atoms with Crippen LogP contribution in [0.5, 0.6) is 0 Å². The molecule has 1 aromatic heterocycles. The number of carbonyl (C=O) groups is 1. The molecule has 1 aliphatic rings. The van der Waals surface area contributed by atoms with Crippen LogP contribution in [0.1, 0.15) is 16.9 Å². The zero-order valence-corrected chi connectivity index (χ0v) is 14.7. The van der Waals surface area contributed by atoms with E-state index in [9.17, 15) is 9.90 Å². The van der Waals surface area contributed by atoms with Gasteiger partial charge in [0.25, 0.3) is 5.91 Å². The summed E-state index contributed by atoms with van der Waals surface area (Å²) in [6.45, 7) is 2.25. The van der Waals surface area contributed by atoms with E-state index in [2.05, 4.69) is 15.2 Å². The Morgan fingerprint density at radius 2 is 1.96 bits per heavy atom. The zero-order valence-electron chi connectivity index (χ0n) is 14.7. The summed E-state index contributed by atoms with van der Waals surface area (Å²) in [6.07, 6.45) is 2.61. The number of nitrogens with zero attached hydrogens (tertiary/aromatic N) is 5. The molecule has 2 atom stereocenters. The van der Waals surface area contributed by atoms with Crippen molar-refractivity contribution in [2.45, 2.75) is 6.42 Å². The number of amides is 1. The lowest BCUT2D eigenvalue weighted by Gasteiger charge is -2.37. The van der Waals surface area contributed by atoms with Crippen LogP contribution in [0.25, 0.3) is 5.69 Å². The molecule has 3 rings (SSSR count). The van der Waals surface area contributed by atoms with Gasteiger partial charge in [0.15, 0.2) is 5.69 Å². The van der Waals surface area contributed by atoms with Crippen LogP contribution < -0.4 is 0 Å². The Hall–Kier alpha value is -2.25. The van der Waals surface area contributed by atoms with Gasteiger partial charge in [-0.2, -0.15) is 0 Å². The van der Waals surface area contributed by atoms with Crippen LogP contribution in [-0.4, -0.2) is 76.1 Å². The lowest BCUT2D eigenvalue weighted by Crippen LogP contribution is -2.47.